The van der Waals surface area contributed by atoms with Gasteiger partial charge in [-0.2, -0.15) is 0 Å². The third kappa shape index (κ3) is 4.35. The van der Waals surface area contributed by atoms with Crippen LogP contribution in [0.5, 0.6) is 0 Å². The lowest BCUT2D eigenvalue weighted by Gasteiger charge is -2.32. The van der Waals surface area contributed by atoms with Crippen LogP contribution in [0.1, 0.15) is 54.0 Å². The van der Waals surface area contributed by atoms with Crippen LogP contribution in [0.4, 0.5) is 0 Å². The van der Waals surface area contributed by atoms with Crippen molar-refractivity contribution in [3.63, 3.8) is 0 Å². The van der Waals surface area contributed by atoms with Gasteiger partial charge in [-0.15, -0.1) is 0 Å². The summed E-state index contributed by atoms with van der Waals surface area (Å²) in [7, 11) is -0.322. The fraction of sp³-hybridized carbons (Fsp3) is 0.357. The van der Waals surface area contributed by atoms with Gasteiger partial charge in [-0.05, 0) is 66.4 Å². The van der Waals surface area contributed by atoms with E-state index in [1.165, 1.54) is 27.8 Å². The highest BCUT2D eigenvalue weighted by molar-refractivity contribution is 6.62. The van der Waals surface area contributed by atoms with E-state index in [2.05, 4.69) is 121 Å². The second-order valence-electron chi connectivity index (χ2n) is 10.6. The van der Waals surface area contributed by atoms with Gasteiger partial charge in [0, 0.05) is 0 Å². The Morgan fingerprint density at radius 3 is 1.23 bits per heavy atom. The fourth-order valence-corrected chi connectivity index (χ4v) is 3.83. The van der Waals surface area contributed by atoms with Crippen molar-refractivity contribution in [2.24, 2.45) is 0 Å². The van der Waals surface area contributed by atoms with Crippen molar-refractivity contribution in [1.29, 1.82) is 0 Å². The van der Waals surface area contributed by atoms with Gasteiger partial charge in [0.1, 0.15) is 0 Å². The van der Waals surface area contributed by atoms with Crippen molar-refractivity contribution in [2.45, 2.75) is 65.1 Å². The lowest BCUT2D eigenvalue weighted by Crippen LogP contribution is -2.41. The highest BCUT2D eigenvalue weighted by atomic mass is 16.7. The normalized spacial score (nSPS) is 17.7. The summed E-state index contributed by atoms with van der Waals surface area (Å²) >= 11 is 0. The SMILES string of the molecule is CC(C)(C)c1ccc(-c2ccc(-c3ccc(B4OC(C)(C)C(C)(C)O4)cc3)cc2)cc1. The average molecular weight is 412 g/mol. The quantitative estimate of drug-likeness (QED) is 0.450. The summed E-state index contributed by atoms with van der Waals surface area (Å²) in [5.41, 5.74) is 6.82. The molecule has 160 valence electrons. The van der Waals surface area contributed by atoms with Gasteiger partial charge >= 0.3 is 7.12 Å². The number of rotatable bonds is 3. The molecule has 0 radical (unpaired) electrons. The van der Waals surface area contributed by atoms with Crippen molar-refractivity contribution in [1.82, 2.24) is 0 Å². The van der Waals surface area contributed by atoms with Crippen LogP contribution in [0.3, 0.4) is 0 Å². The molecule has 0 N–H and O–H groups in total. The maximum atomic E-state index is 6.17. The molecule has 3 aromatic rings. The minimum Gasteiger partial charge on any atom is -0.399 e. The maximum Gasteiger partial charge on any atom is 0.494 e. The lowest BCUT2D eigenvalue weighted by atomic mass is 9.78. The molecule has 0 spiro atoms. The van der Waals surface area contributed by atoms with E-state index < -0.39 is 0 Å². The van der Waals surface area contributed by atoms with E-state index in [0.29, 0.717) is 0 Å². The van der Waals surface area contributed by atoms with Gasteiger partial charge in [-0.1, -0.05) is 93.6 Å². The minimum absolute atomic E-state index is 0.175. The smallest absolute Gasteiger partial charge is 0.399 e. The average Bonchev–Trinajstić information content (AvgIpc) is 2.95. The molecular weight excluding hydrogens is 379 g/mol. The molecule has 1 saturated heterocycles. The van der Waals surface area contributed by atoms with Crippen LogP contribution in [0, 0.1) is 0 Å². The van der Waals surface area contributed by atoms with Gasteiger partial charge in [0.05, 0.1) is 11.2 Å². The molecule has 1 aliphatic heterocycles. The first-order valence-electron chi connectivity index (χ1n) is 11.1. The molecule has 0 amide bonds. The van der Waals surface area contributed by atoms with Gasteiger partial charge in [-0.3, -0.25) is 0 Å². The molecule has 3 heteroatoms. The molecule has 0 atom stereocenters. The Morgan fingerprint density at radius 2 is 0.871 bits per heavy atom. The van der Waals surface area contributed by atoms with Crippen molar-refractivity contribution >= 4 is 12.6 Å². The van der Waals surface area contributed by atoms with Gasteiger partial charge < -0.3 is 9.31 Å². The molecular formula is C28H33BO2. The third-order valence-electron chi connectivity index (χ3n) is 6.74. The topological polar surface area (TPSA) is 18.5 Å². The monoisotopic (exact) mass is 412 g/mol. The van der Waals surface area contributed by atoms with Crippen molar-refractivity contribution < 1.29 is 9.31 Å². The molecule has 1 aliphatic rings. The second kappa shape index (κ2) is 7.65. The standard InChI is InChI=1S/C28H33BO2/c1-26(2,3)24-16-12-22(13-17-24)20-8-10-21(11-9-20)23-14-18-25(19-15-23)29-30-27(4,5)28(6,7)31-29/h8-19H,1-7H3. The Balaban J connectivity index is 1.50. The summed E-state index contributed by atoms with van der Waals surface area (Å²) in [4.78, 5) is 0. The Labute approximate surface area is 187 Å². The second-order valence-corrected chi connectivity index (χ2v) is 10.6. The molecule has 0 aliphatic carbocycles. The number of benzene rings is 3. The molecule has 3 aromatic carbocycles. The molecule has 1 heterocycles. The molecule has 0 unspecified atom stereocenters. The Hall–Kier alpha value is -2.36. The first kappa shape index (κ1) is 21.9. The first-order chi connectivity index (χ1) is 14.5. The largest absolute Gasteiger partial charge is 0.494 e. The molecule has 1 fully saturated rings. The first-order valence-corrected chi connectivity index (χ1v) is 11.1. The van der Waals surface area contributed by atoms with Crippen LogP contribution >= 0.6 is 0 Å². The van der Waals surface area contributed by atoms with E-state index in [-0.39, 0.29) is 23.7 Å². The Morgan fingerprint density at radius 1 is 0.548 bits per heavy atom. The van der Waals surface area contributed by atoms with E-state index in [9.17, 15) is 0 Å². The molecule has 0 saturated carbocycles. The zero-order chi connectivity index (χ0) is 22.4. The van der Waals surface area contributed by atoms with E-state index >= 15 is 0 Å². The van der Waals surface area contributed by atoms with Gasteiger partial charge in [0.25, 0.3) is 0 Å². The van der Waals surface area contributed by atoms with Crippen molar-refractivity contribution in [3.8, 4) is 22.3 Å². The molecule has 4 rings (SSSR count). The number of hydrogen-bond donors (Lipinski definition) is 0. The van der Waals surface area contributed by atoms with Gasteiger partial charge in [0.2, 0.25) is 0 Å². The van der Waals surface area contributed by atoms with Crippen LogP contribution in [0.2, 0.25) is 0 Å². The minimum atomic E-state index is -0.322. The summed E-state index contributed by atoms with van der Waals surface area (Å²) < 4.78 is 12.3. The highest BCUT2D eigenvalue weighted by Gasteiger charge is 2.51. The molecule has 0 bridgehead atoms. The predicted molar refractivity (Wildman–Crippen MR) is 132 cm³/mol. The van der Waals surface area contributed by atoms with E-state index in [0.717, 1.165) is 5.46 Å². The Kier molecular flexibility index (Phi) is 5.40. The van der Waals surface area contributed by atoms with Crippen molar-refractivity contribution in [2.75, 3.05) is 0 Å². The Bertz CT molecular complexity index is 1020. The zero-order valence-corrected chi connectivity index (χ0v) is 19.8. The zero-order valence-electron chi connectivity index (χ0n) is 19.8. The van der Waals surface area contributed by atoms with Crippen molar-refractivity contribution in [3.05, 3.63) is 78.4 Å². The van der Waals surface area contributed by atoms with Gasteiger partial charge in [0.15, 0.2) is 0 Å². The molecule has 31 heavy (non-hydrogen) atoms. The summed E-state index contributed by atoms with van der Waals surface area (Å²) in [5, 5.41) is 0. The molecule has 2 nitrogen and oxygen atoms in total. The fourth-order valence-electron chi connectivity index (χ4n) is 3.83. The highest BCUT2D eigenvalue weighted by Crippen LogP contribution is 2.36. The van der Waals surface area contributed by atoms with E-state index in [4.69, 9.17) is 9.31 Å². The summed E-state index contributed by atoms with van der Waals surface area (Å²) in [6.45, 7) is 15.1. The summed E-state index contributed by atoms with van der Waals surface area (Å²) in [6.07, 6.45) is 0. The van der Waals surface area contributed by atoms with Gasteiger partial charge in [-0.25, -0.2) is 0 Å². The van der Waals surface area contributed by atoms with Crippen LogP contribution in [0.15, 0.2) is 72.8 Å². The van der Waals surface area contributed by atoms with Crippen LogP contribution in [-0.4, -0.2) is 18.3 Å². The summed E-state index contributed by atoms with van der Waals surface area (Å²) in [5.74, 6) is 0. The lowest BCUT2D eigenvalue weighted by molar-refractivity contribution is 0.00578. The predicted octanol–water partition coefficient (Wildman–Crippen LogP) is 6.62. The van der Waals surface area contributed by atoms with E-state index in [1.54, 1.807) is 0 Å². The number of hydrogen-bond acceptors (Lipinski definition) is 2. The maximum absolute atomic E-state index is 6.17. The van der Waals surface area contributed by atoms with E-state index in [1.807, 2.05) is 0 Å². The van der Waals surface area contributed by atoms with Crippen LogP contribution in [0.25, 0.3) is 22.3 Å². The molecule has 0 aromatic heterocycles. The third-order valence-corrected chi connectivity index (χ3v) is 6.74. The van der Waals surface area contributed by atoms with Crippen LogP contribution in [-0.2, 0) is 14.7 Å². The van der Waals surface area contributed by atoms with Crippen LogP contribution < -0.4 is 5.46 Å². The summed E-state index contributed by atoms with van der Waals surface area (Å²) in [6, 6.07) is 26.2.